The van der Waals surface area contributed by atoms with Crippen molar-refractivity contribution in [3.8, 4) is 5.69 Å². The molecule has 0 radical (unpaired) electrons. The van der Waals surface area contributed by atoms with Gasteiger partial charge in [0.25, 0.3) is 5.56 Å². The molecular formula is C15H12F4N2O2. The number of benzene rings is 1. The Morgan fingerprint density at radius 3 is 2.35 bits per heavy atom. The van der Waals surface area contributed by atoms with Crippen LogP contribution < -0.4 is 11.2 Å². The third kappa shape index (κ3) is 2.80. The lowest BCUT2D eigenvalue weighted by molar-refractivity contribution is -0.141. The predicted octanol–water partition coefficient (Wildman–Crippen LogP) is 2.87. The number of rotatable bonds is 2. The highest BCUT2D eigenvalue weighted by Gasteiger charge is 2.33. The molecule has 0 unspecified atom stereocenters. The Kier molecular flexibility index (Phi) is 3.42. The van der Waals surface area contributed by atoms with Crippen molar-refractivity contribution in [1.29, 1.82) is 0 Å². The molecule has 0 atom stereocenters. The third-order valence-corrected chi connectivity index (χ3v) is 3.83. The number of hydrogen-bond acceptors (Lipinski definition) is 2. The van der Waals surface area contributed by atoms with Crippen molar-refractivity contribution in [1.82, 2.24) is 9.55 Å². The first-order valence-corrected chi connectivity index (χ1v) is 6.92. The molecule has 0 bridgehead atoms. The molecule has 0 spiro atoms. The molecular weight excluding hydrogens is 316 g/mol. The first kappa shape index (κ1) is 15.5. The number of aromatic amines is 1. The summed E-state index contributed by atoms with van der Waals surface area (Å²) < 4.78 is 52.4. The van der Waals surface area contributed by atoms with Gasteiger partial charge in [-0.2, -0.15) is 13.2 Å². The molecule has 122 valence electrons. The van der Waals surface area contributed by atoms with E-state index in [1.54, 1.807) is 11.9 Å². The smallest absolute Gasteiger partial charge is 0.303 e. The summed E-state index contributed by atoms with van der Waals surface area (Å²) in [5.41, 5.74) is -2.90. The van der Waals surface area contributed by atoms with Gasteiger partial charge in [0.05, 0.1) is 5.69 Å². The number of nitrogens with zero attached hydrogens (tertiary/aromatic N) is 1. The lowest BCUT2D eigenvalue weighted by atomic mass is 10.0. The summed E-state index contributed by atoms with van der Waals surface area (Å²) >= 11 is 0. The zero-order valence-corrected chi connectivity index (χ0v) is 12.0. The van der Waals surface area contributed by atoms with Gasteiger partial charge in [-0.05, 0) is 48.9 Å². The second-order valence-electron chi connectivity index (χ2n) is 5.59. The Balaban J connectivity index is 2.18. The van der Waals surface area contributed by atoms with Crippen LogP contribution in [0.3, 0.4) is 0 Å². The fourth-order valence-corrected chi connectivity index (χ4v) is 2.56. The molecule has 1 saturated carbocycles. The lowest BCUT2D eigenvalue weighted by Gasteiger charge is -2.12. The average Bonchev–Trinajstić information content (AvgIpc) is 3.24. The molecule has 1 heterocycles. The maximum atomic E-state index is 14.3. The molecule has 3 rings (SSSR count). The van der Waals surface area contributed by atoms with Crippen molar-refractivity contribution in [2.75, 3.05) is 0 Å². The summed E-state index contributed by atoms with van der Waals surface area (Å²) in [6.07, 6.45) is -2.97. The van der Waals surface area contributed by atoms with Crippen molar-refractivity contribution in [3.05, 3.63) is 61.7 Å². The van der Waals surface area contributed by atoms with Crippen LogP contribution in [-0.2, 0) is 6.18 Å². The lowest BCUT2D eigenvalue weighted by Crippen LogP contribution is -2.36. The standard InChI is InChI=1S/C15H12F4N2O2/c1-7-4-11(10(16)5-9(7)8-2-3-8)21-13(22)6-12(15(17,18)19)20-14(21)23/h4-6,8H,2-3H2,1H3,(H,20,23). The Morgan fingerprint density at radius 1 is 1.17 bits per heavy atom. The number of aryl methyl sites for hydroxylation is 1. The minimum Gasteiger partial charge on any atom is -0.303 e. The molecule has 0 saturated heterocycles. The molecule has 0 amide bonds. The Bertz CT molecular complexity index is 861. The van der Waals surface area contributed by atoms with Crippen LogP contribution in [0.25, 0.3) is 5.69 Å². The molecule has 4 nitrogen and oxygen atoms in total. The van der Waals surface area contributed by atoms with Gasteiger partial charge < -0.3 is 4.98 Å². The van der Waals surface area contributed by atoms with Crippen LogP contribution in [0.15, 0.2) is 27.8 Å². The van der Waals surface area contributed by atoms with E-state index < -0.39 is 28.9 Å². The topological polar surface area (TPSA) is 54.9 Å². The van der Waals surface area contributed by atoms with E-state index >= 15 is 0 Å². The zero-order valence-electron chi connectivity index (χ0n) is 12.0. The SMILES string of the molecule is Cc1cc(-n2c(=O)cc(C(F)(F)F)[nH]c2=O)c(F)cc1C1CC1. The van der Waals surface area contributed by atoms with Crippen LogP contribution in [0.1, 0.15) is 35.6 Å². The summed E-state index contributed by atoms with van der Waals surface area (Å²) in [5.74, 6) is -0.550. The molecule has 1 fully saturated rings. The van der Waals surface area contributed by atoms with Crippen LogP contribution in [0.2, 0.25) is 0 Å². The van der Waals surface area contributed by atoms with Crippen LogP contribution in [-0.4, -0.2) is 9.55 Å². The Morgan fingerprint density at radius 2 is 1.83 bits per heavy atom. The highest BCUT2D eigenvalue weighted by atomic mass is 19.4. The molecule has 1 aromatic carbocycles. The molecule has 1 aromatic heterocycles. The maximum absolute atomic E-state index is 14.3. The predicted molar refractivity (Wildman–Crippen MR) is 74.3 cm³/mol. The quantitative estimate of drug-likeness (QED) is 0.862. The molecule has 1 aliphatic rings. The molecule has 1 N–H and O–H groups in total. The number of nitrogens with one attached hydrogen (secondary N) is 1. The first-order chi connectivity index (χ1) is 10.7. The number of alkyl halides is 3. The van der Waals surface area contributed by atoms with E-state index in [4.69, 9.17) is 0 Å². The number of aromatic nitrogens is 2. The highest BCUT2D eigenvalue weighted by molar-refractivity contribution is 5.44. The summed E-state index contributed by atoms with van der Waals surface area (Å²) in [5, 5.41) is 0. The van der Waals surface area contributed by atoms with Gasteiger partial charge in [0.1, 0.15) is 11.5 Å². The fourth-order valence-electron chi connectivity index (χ4n) is 2.56. The summed E-state index contributed by atoms with van der Waals surface area (Å²) in [7, 11) is 0. The fraction of sp³-hybridized carbons (Fsp3) is 0.333. The summed E-state index contributed by atoms with van der Waals surface area (Å²) in [6, 6.07) is 2.80. The molecule has 0 aliphatic heterocycles. The minimum absolute atomic E-state index is 0.241. The Labute approximate surface area is 127 Å². The van der Waals surface area contributed by atoms with E-state index in [9.17, 15) is 27.2 Å². The number of halogens is 4. The maximum Gasteiger partial charge on any atom is 0.431 e. The summed E-state index contributed by atoms with van der Waals surface area (Å²) in [6.45, 7) is 1.71. The van der Waals surface area contributed by atoms with Gasteiger partial charge in [0.2, 0.25) is 0 Å². The van der Waals surface area contributed by atoms with E-state index in [0.29, 0.717) is 10.1 Å². The minimum atomic E-state index is -4.86. The highest BCUT2D eigenvalue weighted by Crippen LogP contribution is 2.42. The van der Waals surface area contributed by atoms with Gasteiger partial charge in [-0.25, -0.2) is 13.8 Å². The molecule has 8 heteroatoms. The molecule has 23 heavy (non-hydrogen) atoms. The average molecular weight is 328 g/mol. The van der Waals surface area contributed by atoms with Crippen LogP contribution in [0, 0.1) is 12.7 Å². The molecule has 1 aliphatic carbocycles. The van der Waals surface area contributed by atoms with Crippen molar-refractivity contribution in [2.24, 2.45) is 0 Å². The van der Waals surface area contributed by atoms with E-state index in [1.165, 1.54) is 12.1 Å². The normalized spacial score (nSPS) is 15.0. The number of hydrogen-bond donors (Lipinski definition) is 1. The number of H-pyrrole nitrogens is 1. The van der Waals surface area contributed by atoms with Crippen molar-refractivity contribution in [3.63, 3.8) is 0 Å². The second kappa shape index (κ2) is 5.07. The van der Waals surface area contributed by atoms with Crippen LogP contribution in [0.4, 0.5) is 17.6 Å². The van der Waals surface area contributed by atoms with Crippen molar-refractivity contribution < 1.29 is 17.6 Å². The van der Waals surface area contributed by atoms with Gasteiger partial charge in [0.15, 0.2) is 0 Å². The van der Waals surface area contributed by atoms with E-state index in [0.717, 1.165) is 18.4 Å². The van der Waals surface area contributed by atoms with Crippen LogP contribution in [0.5, 0.6) is 0 Å². The Hall–Kier alpha value is -2.38. The van der Waals surface area contributed by atoms with Gasteiger partial charge in [-0.3, -0.25) is 4.79 Å². The monoisotopic (exact) mass is 328 g/mol. The van der Waals surface area contributed by atoms with Gasteiger partial charge in [-0.1, -0.05) is 0 Å². The van der Waals surface area contributed by atoms with Gasteiger partial charge in [-0.15, -0.1) is 0 Å². The van der Waals surface area contributed by atoms with Gasteiger partial charge in [0, 0.05) is 6.07 Å². The van der Waals surface area contributed by atoms with Gasteiger partial charge >= 0.3 is 11.9 Å². The van der Waals surface area contributed by atoms with Crippen LogP contribution >= 0.6 is 0 Å². The summed E-state index contributed by atoms with van der Waals surface area (Å²) in [4.78, 5) is 25.3. The zero-order chi connectivity index (χ0) is 16.9. The third-order valence-electron chi connectivity index (χ3n) is 3.83. The second-order valence-corrected chi connectivity index (χ2v) is 5.59. The van der Waals surface area contributed by atoms with E-state index in [-0.39, 0.29) is 17.7 Å². The van der Waals surface area contributed by atoms with Crippen molar-refractivity contribution in [2.45, 2.75) is 31.9 Å². The largest absolute Gasteiger partial charge is 0.431 e. The van der Waals surface area contributed by atoms with Crippen molar-refractivity contribution >= 4 is 0 Å². The molecule has 2 aromatic rings. The van der Waals surface area contributed by atoms with E-state index in [2.05, 4.69) is 0 Å². The van der Waals surface area contributed by atoms with E-state index in [1.807, 2.05) is 0 Å². The first-order valence-electron chi connectivity index (χ1n) is 6.92.